The number of nitrogens with one attached hydrogen (secondary N) is 1. The zero-order valence-electron chi connectivity index (χ0n) is 10.5. The van der Waals surface area contributed by atoms with Gasteiger partial charge in [-0.1, -0.05) is 24.6 Å². The molecule has 0 aliphatic heterocycles. The van der Waals surface area contributed by atoms with Crippen molar-refractivity contribution in [1.29, 1.82) is 0 Å². The van der Waals surface area contributed by atoms with Gasteiger partial charge >= 0.3 is 0 Å². The second-order valence-electron chi connectivity index (χ2n) is 4.03. The molecule has 0 amide bonds. The fourth-order valence-corrected chi connectivity index (χ4v) is 2.46. The normalized spacial score (nSPS) is 12.5. The Balaban J connectivity index is 2.51. The first-order valence-corrected chi connectivity index (χ1v) is 7.51. The van der Waals surface area contributed by atoms with Gasteiger partial charge in [0.1, 0.15) is 0 Å². The monoisotopic (exact) mass is 272 g/mol. The second kappa shape index (κ2) is 7.85. The molecule has 0 saturated carbocycles. The molecule has 0 radical (unpaired) electrons. The molecule has 0 aliphatic carbocycles. The van der Waals surface area contributed by atoms with Crippen molar-refractivity contribution in [2.75, 3.05) is 23.4 Å². The lowest BCUT2D eigenvalue weighted by molar-refractivity contribution is 0.709. The topological polar surface area (TPSA) is 38.0 Å². The number of thioether (sulfide) groups is 1. The Labute approximate surface area is 113 Å². The van der Waals surface area contributed by atoms with Gasteiger partial charge in [0.05, 0.1) is 0 Å². The first kappa shape index (κ1) is 14.7. The molecule has 1 unspecified atom stereocenters. The third-order valence-electron chi connectivity index (χ3n) is 2.64. The molecule has 17 heavy (non-hydrogen) atoms. The number of rotatable bonds is 7. The van der Waals surface area contributed by atoms with Crippen LogP contribution < -0.4 is 11.1 Å². The van der Waals surface area contributed by atoms with E-state index in [-0.39, 0.29) is 0 Å². The van der Waals surface area contributed by atoms with E-state index in [4.69, 9.17) is 17.3 Å². The smallest absolute Gasteiger partial charge is 0.0455 e. The molecule has 2 nitrogen and oxygen atoms in total. The molecule has 96 valence electrons. The number of halogens is 1. The standard InChI is InChI=1S/C13H21ClN2S/c1-3-17-7-6-12(9-15)16-11-5-4-10(2)13(14)8-11/h4-5,8,12,16H,3,6-7,9,15H2,1-2H3. The predicted octanol–water partition coefficient (Wildman–Crippen LogP) is 3.53. The molecule has 0 aromatic heterocycles. The first-order chi connectivity index (χ1) is 8.17. The summed E-state index contributed by atoms with van der Waals surface area (Å²) in [6.45, 7) is 4.83. The van der Waals surface area contributed by atoms with Crippen molar-refractivity contribution in [3.8, 4) is 0 Å². The zero-order valence-corrected chi connectivity index (χ0v) is 12.1. The number of aryl methyl sites for hydroxylation is 1. The molecule has 1 rings (SSSR count). The van der Waals surface area contributed by atoms with E-state index in [0.717, 1.165) is 34.2 Å². The van der Waals surface area contributed by atoms with Crippen LogP contribution in [0.2, 0.25) is 5.02 Å². The average Bonchev–Trinajstić information content (AvgIpc) is 2.32. The first-order valence-electron chi connectivity index (χ1n) is 5.97. The molecule has 3 N–H and O–H groups in total. The van der Waals surface area contributed by atoms with E-state index in [1.807, 2.05) is 30.8 Å². The largest absolute Gasteiger partial charge is 0.381 e. The highest BCUT2D eigenvalue weighted by molar-refractivity contribution is 7.99. The lowest BCUT2D eigenvalue weighted by atomic mass is 10.2. The summed E-state index contributed by atoms with van der Waals surface area (Å²) in [6, 6.07) is 6.37. The van der Waals surface area contributed by atoms with Crippen LogP contribution in [0.15, 0.2) is 18.2 Å². The van der Waals surface area contributed by atoms with Gasteiger partial charge in [-0.05, 0) is 42.5 Å². The molecule has 4 heteroatoms. The zero-order chi connectivity index (χ0) is 12.7. The van der Waals surface area contributed by atoms with E-state index in [9.17, 15) is 0 Å². The van der Waals surface area contributed by atoms with Crippen LogP contribution in [0, 0.1) is 6.92 Å². The summed E-state index contributed by atoms with van der Waals surface area (Å²) in [5.74, 6) is 2.30. The van der Waals surface area contributed by atoms with Crippen molar-refractivity contribution in [1.82, 2.24) is 0 Å². The fraction of sp³-hybridized carbons (Fsp3) is 0.538. The van der Waals surface area contributed by atoms with E-state index in [1.54, 1.807) is 0 Å². The van der Waals surface area contributed by atoms with Gasteiger partial charge in [-0.3, -0.25) is 0 Å². The maximum absolute atomic E-state index is 6.09. The van der Waals surface area contributed by atoms with E-state index in [1.165, 1.54) is 0 Å². The highest BCUT2D eigenvalue weighted by atomic mass is 35.5. The Morgan fingerprint density at radius 1 is 1.47 bits per heavy atom. The predicted molar refractivity (Wildman–Crippen MR) is 80.3 cm³/mol. The van der Waals surface area contributed by atoms with Crippen molar-refractivity contribution in [3.05, 3.63) is 28.8 Å². The van der Waals surface area contributed by atoms with E-state index in [0.29, 0.717) is 12.6 Å². The Hall–Kier alpha value is -0.380. The Bertz CT molecular complexity index is 344. The van der Waals surface area contributed by atoms with Crippen LogP contribution in [0.25, 0.3) is 0 Å². The molecule has 0 bridgehead atoms. The number of anilines is 1. The number of benzene rings is 1. The molecule has 0 fully saturated rings. The fourth-order valence-electron chi connectivity index (χ4n) is 1.54. The summed E-state index contributed by atoms with van der Waals surface area (Å²) in [5, 5.41) is 4.23. The quantitative estimate of drug-likeness (QED) is 0.746. The highest BCUT2D eigenvalue weighted by Gasteiger charge is 2.06. The van der Waals surface area contributed by atoms with Gasteiger partial charge in [-0.15, -0.1) is 0 Å². The number of hydrogen-bond acceptors (Lipinski definition) is 3. The number of hydrogen-bond donors (Lipinski definition) is 2. The summed E-state index contributed by atoms with van der Waals surface area (Å²) < 4.78 is 0. The lowest BCUT2D eigenvalue weighted by Crippen LogP contribution is -2.29. The minimum absolute atomic E-state index is 0.327. The van der Waals surface area contributed by atoms with Crippen LogP contribution in [0.1, 0.15) is 18.9 Å². The van der Waals surface area contributed by atoms with E-state index in [2.05, 4.69) is 18.3 Å². The minimum atomic E-state index is 0.327. The Morgan fingerprint density at radius 2 is 2.24 bits per heavy atom. The molecule has 1 aromatic carbocycles. The van der Waals surface area contributed by atoms with Gasteiger partial charge in [0.2, 0.25) is 0 Å². The van der Waals surface area contributed by atoms with Gasteiger partial charge < -0.3 is 11.1 Å². The summed E-state index contributed by atoms with van der Waals surface area (Å²) in [7, 11) is 0. The molecule has 1 aromatic rings. The Morgan fingerprint density at radius 3 is 2.82 bits per heavy atom. The van der Waals surface area contributed by atoms with Gasteiger partial charge in [0.15, 0.2) is 0 Å². The average molecular weight is 273 g/mol. The minimum Gasteiger partial charge on any atom is -0.381 e. The third-order valence-corrected chi connectivity index (χ3v) is 3.98. The van der Waals surface area contributed by atoms with E-state index < -0.39 is 0 Å². The van der Waals surface area contributed by atoms with Crippen molar-refractivity contribution in [2.45, 2.75) is 26.3 Å². The molecule has 0 saturated heterocycles. The maximum Gasteiger partial charge on any atom is 0.0455 e. The van der Waals surface area contributed by atoms with Crippen LogP contribution in [0.5, 0.6) is 0 Å². The van der Waals surface area contributed by atoms with Crippen LogP contribution >= 0.6 is 23.4 Å². The highest BCUT2D eigenvalue weighted by Crippen LogP contribution is 2.21. The molecule has 0 aliphatic rings. The van der Waals surface area contributed by atoms with Crippen molar-refractivity contribution in [3.63, 3.8) is 0 Å². The Kier molecular flexibility index (Phi) is 6.78. The SMILES string of the molecule is CCSCCC(CN)Nc1ccc(C)c(Cl)c1. The van der Waals surface area contributed by atoms with Crippen LogP contribution in [-0.2, 0) is 0 Å². The summed E-state index contributed by atoms with van der Waals surface area (Å²) in [4.78, 5) is 0. The van der Waals surface area contributed by atoms with Crippen molar-refractivity contribution >= 4 is 29.1 Å². The van der Waals surface area contributed by atoms with Crippen LogP contribution in [0.4, 0.5) is 5.69 Å². The van der Waals surface area contributed by atoms with E-state index >= 15 is 0 Å². The molecular weight excluding hydrogens is 252 g/mol. The molecular formula is C13H21ClN2S. The van der Waals surface area contributed by atoms with Crippen LogP contribution in [-0.4, -0.2) is 24.1 Å². The van der Waals surface area contributed by atoms with Gasteiger partial charge in [-0.2, -0.15) is 11.8 Å². The summed E-state index contributed by atoms with van der Waals surface area (Å²) >= 11 is 8.04. The molecule has 0 spiro atoms. The summed E-state index contributed by atoms with van der Waals surface area (Å²) in [6.07, 6.45) is 1.08. The summed E-state index contributed by atoms with van der Waals surface area (Å²) in [5.41, 5.74) is 7.92. The number of nitrogens with two attached hydrogens (primary N) is 1. The molecule has 0 heterocycles. The maximum atomic E-state index is 6.09. The van der Waals surface area contributed by atoms with Gasteiger partial charge in [-0.25, -0.2) is 0 Å². The lowest BCUT2D eigenvalue weighted by Gasteiger charge is -2.18. The second-order valence-corrected chi connectivity index (χ2v) is 5.83. The molecule has 1 atom stereocenters. The van der Waals surface area contributed by atoms with Gasteiger partial charge in [0, 0.05) is 23.3 Å². The third kappa shape index (κ3) is 5.19. The van der Waals surface area contributed by atoms with Crippen molar-refractivity contribution in [2.24, 2.45) is 5.73 Å². The van der Waals surface area contributed by atoms with Crippen molar-refractivity contribution < 1.29 is 0 Å². The van der Waals surface area contributed by atoms with Gasteiger partial charge in [0.25, 0.3) is 0 Å². The van der Waals surface area contributed by atoms with Crippen LogP contribution in [0.3, 0.4) is 0 Å².